The average Bonchev–Trinajstić information content (AvgIpc) is 2.55. The summed E-state index contributed by atoms with van der Waals surface area (Å²) < 4.78 is 13.2. The Kier molecular flexibility index (Phi) is 4.33. The summed E-state index contributed by atoms with van der Waals surface area (Å²) in [4.78, 5) is 19.4. The molecule has 0 aliphatic heterocycles. The van der Waals surface area contributed by atoms with Crippen LogP contribution in [-0.2, 0) is 0 Å². The van der Waals surface area contributed by atoms with Crippen LogP contribution in [0.3, 0.4) is 0 Å². The summed E-state index contributed by atoms with van der Waals surface area (Å²) in [6, 6.07) is 14.1. The minimum atomic E-state index is -1.04. The zero-order chi connectivity index (χ0) is 16.9. The molecule has 0 radical (unpaired) electrons. The first-order valence-corrected chi connectivity index (χ1v) is 7.06. The number of halogens is 1. The molecule has 0 amide bonds. The van der Waals surface area contributed by atoms with E-state index in [-0.39, 0.29) is 11.4 Å². The van der Waals surface area contributed by atoms with E-state index in [9.17, 15) is 14.3 Å². The number of benzene rings is 2. The monoisotopic (exact) mass is 324 g/mol. The number of carboxylic acids is 1. The molecule has 0 spiro atoms. The van der Waals surface area contributed by atoms with Gasteiger partial charge in [-0.25, -0.2) is 19.2 Å². The molecule has 6 nitrogen and oxygen atoms in total. The highest BCUT2D eigenvalue weighted by Crippen LogP contribution is 2.22. The van der Waals surface area contributed by atoms with Gasteiger partial charge < -0.3 is 15.7 Å². The molecule has 0 aliphatic rings. The minimum Gasteiger partial charge on any atom is -0.478 e. The zero-order valence-corrected chi connectivity index (χ0v) is 12.4. The van der Waals surface area contributed by atoms with Crippen LogP contribution in [0.1, 0.15) is 10.4 Å². The van der Waals surface area contributed by atoms with E-state index in [0.717, 1.165) is 0 Å². The van der Waals surface area contributed by atoms with Crippen LogP contribution < -0.4 is 10.6 Å². The highest BCUT2D eigenvalue weighted by Gasteiger charge is 2.10. The molecule has 24 heavy (non-hydrogen) atoms. The number of nitrogens with zero attached hydrogens (tertiary/aromatic N) is 2. The number of aromatic carboxylic acids is 1. The third kappa shape index (κ3) is 3.64. The molecular formula is C17H13FN4O2. The first-order chi connectivity index (χ1) is 11.6. The maximum Gasteiger partial charge on any atom is 0.337 e. The van der Waals surface area contributed by atoms with Gasteiger partial charge in [-0.05, 0) is 30.3 Å². The van der Waals surface area contributed by atoms with Crippen LogP contribution in [0.4, 0.5) is 27.4 Å². The van der Waals surface area contributed by atoms with E-state index < -0.39 is 5.97 Å². The summed E-state index contributed by atoms with van der Waals surface area (Å²) in [5.41, 5.74) is 1.10. The van der Waals surface area contributed by atoms with E-state index >= 15 is 0 Å². The van der Waals surface area contributed by atoms with Crippen molar-refractivity contribution in [2.24, 2.45) is 0 Å². The lowest BCUT2D eigenvalue weighted by Gasteiger charge is -2.10. The maximum atomic E-state index is 13.2. The summed E-state index contributed by atoms with van der Waals surface area (Å²) in [6.07, 6.45) is 1.33. The fourth-order valence-corrected chi connectivity index (χ4v) is 2.12. The molecule has 120 valence electrons. The Morgan fingerprint density at radius 1 is 0.958 bits per heavy atom. The molecule has 0 saturated heterocycles. The van der Waals surface area contributed by atoms with Crippen molar-refractivity contribution in [1.82, 2.24) is 9.97 Å². The van der Waals surface area contributed by atoms with Crippen molar-refractivity contribution >= 4 is 29.0 Å². The normalized spacial score (nSPS) is 10.2. The van der Waals surface area contributed by atoms with Crippen LogP contribution in [0.25, 0.3) is 0 Å². The van der Waals surface area contributed by atoms with Crippen LogP contribution in [0.15, 0.2) is 60.9 Å². The van der Waals surface area contributed by atoms with Crippen molar-refractivity contribution in [3.63, 3.8) is 0 Å². The summed E-state index contributed by atoms with van der Waals surface area (Å²) in [5, 5.41) is 15.1. The number of aromatic nitrogens is 2. The van der Waals surface area contributed by atoms with Gasteiger partial charge in [-0.15, -0.1) is 0 Å². The van der Waals surface area contributed by atoms with E-state index in [4.69, 9.17) is 0 Å². The fraction of sp³-hybridized carbons (Fsp3) is 0. The van der Waals surface area contributed by atoms with E-state index in [2.05, 4.69) is 20.6 Å². The van der Waals surface area contributed by atoms with Crippen LogP contribution in [-0.4, -0.2) is 21.0 Å². The standard InChI is InChI=1S/C17H13FN4O2/c18-11-4-3-5-12(8-11)21-15-9-16(20-10-19-15)22-14-7-2-1-6-13(14)17(23)24/h1-10H,(H,23,24)(H2,19,20,21,22). The molecule has 1 heterocycles. The highest BCUT2D eigenvalue weighted by molar-refractivity contribution is 5.95. The lowest BCUT2D eigenvalue weighted by molar-refractivity contribution is 0.0698. The molecule has 7 heteroatoms. The molecule has 0 bridgehead atoms. The van der Waals surface area contributed by atoms with E-state index in [1.807, 2.05) is 0 Å². The molecule has 0 atom stereocenters. The smallest absolute Gasteiger partial charge is 0.337 e. The molecule has 0 fully saturated rings. The van der Waals surface area contributed by atoms with Crippen molar-refractivity contribution in [2.75, 3.05) is 10.6 Å². The van der Waals surface area contributed by atoms with Gasteiger partial charge in [0.15, 0.2) is 0 Å². The summed E-state index contributed by atoms with van der Waals surface area (Å²) in [6.45, 7) is 0. The van der Waals surface area contributed by atoms with Crippen molar-refractivity contribution < 1.29 is 14.3 Å². The van der Waals surface area contributed by atoms with Gasteiger partial charge in [-0.1, -0.05) is 18.2 Å². The van der Waals surface area contributed by atoms with Gasteiger partial charge in [0.2, 0.25) is 0 Å². The second kappa shape index (κ2) is 6.74. The van der Waals surface area contributed by atoms with Crippen LogP contribution in [0.2, 0.25) is 0 Å². The predicted octanol–water partition coefficient (Wildman–Crippen LogP) is 3.80. The van der Waals surface area contributed by atoms with Gasteiger partial charge in [0, 0.05) is 11.8 Å². The molecule has 0 aliphatic carbocycles. The lowest BCUT2D eigenvalue weighted by Crippen LogP contribution is -2.04. The number of carbonyl (C=O) groups is 1. The molecule has 3 rings (SSSR count). The van der Waals surface area contributed by atoms with Gasteiger partial charge in [-0.2, -0.15) is 0 Å². The third-order valence-corrected chi connectivity index (χ3v) is 3.18. The zero-order valence-electron chi connectivity index (χ0n) is 12.4. The van der Waals surface area contributed by atoms with Gasteiger partial charge >= 0.3 is 5.97 Å². The fourth-order valence-electron chi connectivity index (χ4n) is 2.12. The molecule has 3 aromatic rings. The quantitative estimate of drug-likeness (QED) is 0.662. The average molecular weight is 324 g/mol. The van der Waals surface area contributed by atoms with Gasteiger partial charge in [0.05, 0.1) is 11.3 Å². The Balaban J connectivity index is 1.82. The number of anilines is 4. The number of rotatable bonds is 5. The Bertz CT molecular complexity index is 886. The first kappa shape index (κ1) is 15.4. The second-order valence-electron chi connectivity index (χ2n) is 4.90. The lowest BCUT2D eigenvalue weighted by atomic mass is 10.2. The summed E-state index contributed by atoms with van der Waals surface area (Å²) in [7, 11) is 0. The van der Waals surface area contributed by atoms with Crippen LogP contribution in [0, 0.1) is 5.82 Å². The molecular weight excluding hydrogens is 311 g/mol. The highest BCUT2D eigenvalue weighted by atomic mass is 19.1. The third-order valence-electron chi connectivity index (χ3n) is 3.18. The topological polar surface area (TPSA) is 87.1 Å². The molecule has 2 aromatic carbocycles. The van der Waals surface area contributed by atoms with Crippen LogP contribution in [0.5, 0.6) is 0 Å². The predicted molar refractivity (Wildman–Crippen MR) is 88.4 cm³/mol. The SMILES string of the molecule is O=C(O)c1ccccc1Nc1cc(Nc2cccc(F)c2)ncn1. The summed E-state index contributed by atoms with van der Waals surface area (Å²) in [5.74, 6) is -0.531. The van der Waals surface area contributed by atoms with Crippen molar-refractivity contribution in [3.05, 3.63) is 72.3 Å². The van der Waals surface area contributed by atoms with E-state index in [1.54, 1.807) is 36.4 Å². The van der Waals surface area contributed by atoms with Gasteiger partial charge in [0.1, 0.15) is 23.8 Å². The number of para-hydroxylation sites is 1. The summed E-state index contributed by atoms with van der Waals surface area (Å²) >= 11 is 0. The Morgan fingerprint density at radius 3 is 2.46 bits per heavy atom. The molecule has 0 unspecified atom stereocenters. The Morgan fingerprint density at radius 2 is 1.71 bits per heavy atom. The number of nitrogens with one attached hydrogen (secondary N) is 2. The van der Waals surface area contributed by atoms with Crippen molar-refractivity contribution in [1.29, 1.82) is 0 Å². The van der Waals surface area contributed by atoms with Gasteiger partial charge in [0.25, 0.3) is 0 Å². The number of hydrogen-bond acceptors (Lipinski definition) is 5. The molecule has 1 aromatic heterocycles. The molecule has 3 N–H and O–H groups in total. The van der Waals surface area contributed by atoms with E-state index in [0.29, 0.717) is 23.0 Å². The minimum absolute atomic E-state index is 0.135. The number of carboxylic acid groups (broad SMARTS) is 1. The Hall–Kier alpha value is -3.48. The van der Waals surface area contributed by atoms with E-state index in [1.165, 1.54) is 24.5 Å². The second-order valence-corrected chi connectivity index (χ2v) is 4.90. The largest absolute Gasteiger partial charge is 0.478 e. The van der Waals surface area contributed by atoms with Crippen molar-refractivity contribution in [3.8, 4) is 0 Å². The Labute approximate surface area is 137 Å². The maximum absolute atomic E-state index is 13.2. The first-order valence-electron chi connectivity index (χ1n) is 7.06. The van der Waals surface area contributed by atoms with Crippen molar-refractivity contribution in [2.45, 2.75) is 0 Å². The number of hydrogen-bond donors (Lipinski definition) is 3. The molecule has 0 saturated carbocycles. The van der Waals surface area contributed by atoms with Crippen LogP contribution >= 0.6 is 0 Å². The van der Waals surface area contributed by atoms with Gasteiger partial charge in [-0.3, -0.25) is 0 Å².